The van der Waals surface area contributed by atoms with E-state index in [9.17, 15) is 5.11 Å². The van der Waals surface area contributed by atoms with Gasteiger partial charge in [-0.1, -0.05) is 32.1 Å². The SMILES string of the molecule is OCCN1CCC(CC2CCC(c3cn(C4CCCCC4)c4nc(NCCC5CC5)ncc34)CC2)CC1. The minimum Gasteiger partial charge on any atom is -0.395 e. The van der Waals surface area contributed by atoms with E-state index in [0.29, 0.717) is 18.6 Å². The van der Waals surface area contributed by atoms with Crippen LogP contribution in [-0.2, 0) is 0 Å². The van der Waals surface area contributed by atoms with Gasteiger partial charge in [-0.2, -0.15) is 4.98 Å². The van der Waals surface area contributed by atoms with Gasteiger partial charge in [-0.15, -0.1) is 0 Å². The highest BCUT2D eigenvalue weighted by Gasteiger charge is 2.30. The molecule has 0 bridgehead atoms. The molecule has 0 radical (unpaired) electrons. The van der Waals surface area contributed by atoms with Crippen molar-refractivity contribution in [2.45, 2.75) is 108 Å². The third kappa shape index (κ3) is 6.33. The second-order valence-corrected chi connectivity index (χ2v) is 12.8. The number of nitrogens with one attached hydrogen (secondary N) is 1. The van der Waals surface area contributed by atoms with Crippen molar-refractivity contribution < 1.29 is 5.11 Å². The largest absolute Gasteiger partial charge is 0.395 e. The topological polar surface area (TPSA) is 66.2 Å². The Hall–Kier alpha value is -1.66. The fraction of sp³-hybridized carbons (Fsp3) is 0.806. The van der Waals surface area contributed by atoms with Crippen LogP contribution in [0.3, 0.4) is 0 Å². The molecule has 6 heteroatoms. The molecule has 0 spiro atoms. The van der Waals surface area contributed by atoms with Crippen LogP contribution in [0, 0.1) is 17.8 Å². The molecular formula is C31H49N5O. The maximum atomic E-state index is 9.22. The number of anilines is 1. The van der Waals surface area contributed by atoms with E-state index in [0.717, 1.165) is 36.8 Å². The molecule has 3 heterocycles. The second-order valence-electron chi connectivity index (χ2n) is 12.8. The number of likely N-dealkylation sites (tertiary alicyclic amines) is 1. The molecule has 2 aromatic rings. The van der Waals surface area contributed by atoms with Gasteiger partial charge in [0.15, 0.2) is 0 Å². The van der Waals surface area contributed by atoms with Crippen LogP contribution in [0.4, 0.5) is 5.95 Å². The first-order chi connectivity index (χ1) is 18.3. The van der Waals surface area contributed by atoms with Crippen LogP contribution in [0.25, 0.3) is 11.0 Å². The lowest BCUT2D eigenvalue weighted by Gasteiger charge is -2.35. The Bertz CT molecular complexity index is 994. The quantitative estimate of drug-likeness (QED) is 0.383. The molecule has 6 nitrogen and oxygen atoms in total. The van der Waals surface area contributed by atoms with Gasteiger partial charge >= 0.3 is 0 Å². The summed E-state index contributed by atoms with van der Waals surface area (Å²) in [5.74, 6) is 4.21. The Morgan fingerprint density at radius 1 is 0.865 bits per heavy atom. The van der Waals surface area contributed by atoms with Gasteiger partial charge in [-0.05, 0) is 107 Å². The summed E-state index contributed by atoms with van der Waals surface area (Å²) in [4.78, 5) is 12.3. The molecule has 0 atom stereocenters. The zero-order valence-electron chi connectivity index (χ0n) is 22.9. The Kier molecular flexibility index (Phi) is 8.32. The minimum absolute atomic E-state index is 0.301. The van der Waals surface area contributed by atoms with Crippen molar-refractivity contribution in [1.29, 1.82) is 0 Å². The third-order valence-electron chi connectivity index (χ3n) is 10.2. The standard InChI is InChI=1S/C31H49N5O/c37-19-18-35-16-13-25(14-17-35)20-24-8-10-26(11-9-24)29-22-36(27-4-2-1-3-5-27)30-28(29)21-33-31(34-30)32-15-12-23-6-7-23/h21-27,37H,1-20H2,(H,32,33,34). The summed E-state index contributed by atoms with van der Waals surface area (Å²) < 4.78 is 2.56. The molecule has 3 saturated carbocycles. The number of aliphatic hydroxyl groups excluding tert-OH is 1. The number of hydrogen-bond acceptors (Lipinski definition) is 5. The van der Waals surface area contributed by atoms with Crippen LogP contribution < -0.4 is 5.32 Å². The highest BCUT2D eigenvalue weighted by molar-refractivity contribution is 5.81. The van der Waals surface area contributed by atoms with Gasteiger partial charge in [0.25, 0.3) is 0 Å². The van der Waals surface area contributed by atoms with Gasteiger partial charge in [-0.3, -0.25) is 0 Å². The van der Waals surface area contributed by atoms with Crippen LogP contribution >= 0.6 is 0 Å². The molecule has 1 saturated heterocycles. The van der Waals surface area contributed by atoms with Gasteiger partial charge in [0.2, 0.25) is 5.95 Å². The predicted octanol–water partition coefficient (Wildman–Crippen LogP) is 6.52. The van der Waals surface area contributed by atoms with E-state index in [4.69, 9.17) is 9.97 Å². The zero-order valence-corrected chi connectivity index (χ0v) is 22.9. The first kappa shape index (κ1) is 25.6. The first-order valence-electron chi connectivity index (χ1n) is 15.7. The van der Waals surface area contributed by atoms with Gasteiger partial charge in [0, 0.05) is 36.9 Å². The number of hydrogen-bond donors (Lipinski definition) is 2. The highest BCUT2D eigenvalue weighted by Crippen LogP contribution is 2.43. The smallest absolute Gasteiger partial charge is 0.224 e. The molecular weight excluding hydrogens is 458 g/mol. The molecule has 0 amide bonds. The van der Waals surface area contributed by atoms with Crippen LogP contribution in [0.1, 0.15) is 114 Å². The van der Waals surface area contributed by atoms with E-state index in [1.165, 1.54) is 126 Å². The van der Waals surface area contributed by atoms with Crippen LogP contribution in [0.5, 0.6) is 0 Å². The lowest BCUT2D eigenvalue weighted by atomic mass is 9.74. The Labute approximate surface area is 223 Å². The van der Waals surface area contributed by atoms with Crippen molar-refractivity contribution in [2.75, 3.05) is 38.1 Å². The Morgan fingerprint density at radius 3 is 2.32 bits per heavy atom. The van der Waals surface area contributed by atoms with Crippen LogP contribution in [0.2, 0.25) is 0 Å². The lowest BCUT2D eigenvalue weighted by Crippen LogP contribution is -2.36. The molecule has 2 aromatic heterocycles. The fourth-order valence-electron chi connectivity index (χ4n) is 7.66. The summed E-state index contributed by atoms with van der Waals surface area (Å²) in [6, 6.07) is 0.604. The van der Waals surface area contributed by atoms with Crippen molar-refractivity contribution in [2.24, 2.45) is 17.8 Å². The van der Waals surface area contributed by atoms with E-state index in [-0.39, 0.29) is 0 Å². The van der Waals surface area contributed by atoms with E-state index < -0.39 is 0 Å². The van der Waals surface area contributed by atoms with Crippen molar-refractivity contribution >= 4 is 17.0 Å². The summed E-state index contributed by atoms with van der Waals surface area (Å²) in [5.41, 5.74) is 2.71. The maximum Gasteiger partial charge on any atom is 0.224 e. The summed E-state index contributed by atoms with van der Waals surface area (Å²) in [6.45, 7) is 4.51. The summed E-state index contributed by atoms with van der Waals surface area (Å²) in [5, 5.41) is 14.1. The maximum absolute atomic E-state index is 9.22. The summed E-state index contributed by atoms with van der Waals surface area (Å²) in [7, 11) is 0. The van der Waals surface area contributed by atoms with Gasteiger partial charge < -0.3 is 19.9 Å². The highest BCUT2D eigenvalue weighted by atomic mass is 16.3. The van der Waals surface area contributed by atoms with Gasteiger partial charge in [0.05, 0.1) is 6.61 Å². The van der Waals surface area contributed by atoms with Crippen LogP contribution in [-0.4, -0.2) is 57.3 Å². The van der Waals surface area contributed by atoms with Crippen molar-refractivity contribution in [3.63, 3.8) is 0 Å². The molecule has 2 N–H and O–H groups in total. The Morgan fingerprint density at radius 2 is 1.59 bits per heavy atom. The molecule has 0 aromatic carbocycles. The molecule has 4 aliphatic rings. The molecule has 3 aliphatic carbocycles. The first-order valence-corrected chi connectivity index (χ1v) is 15.7. The average molecular weight is 508 g/mol. The average Bonchev–Trinajstić information content (AvgIpc) is 3.69. The molecule has 204 valence electrons. The third-order valence-corrected chi connectivity index (χ3v) is 10.2. The number of aromatic nitrogens is 3. The van der Waals surface area contributed by atoms with E-state index in [1.54, 1.807) is 0 Å². The predicted molar refractivity (Wildman–Crippen MR) is 151 cm³/mol. The number of aliphatic hydroxyl groups is 1. The lowest BCUT2D eigenvalue weighted by molar-refractivity contribution is 0.131. The monoisotopic (exact) mass is 507 g/mol. The minimum atomic E-state index is 0.301. The number of β-amino-alcohol motifs (C(OH)–C–C–N with tert-alkyl or cyclic N) is 1. The normalized spacial score (nSPS) is 26.6. The number of fused-ring (bicyclic) bond motifs is 1. The molecule has 6 rings (SSSR count). The molecule has 37 heavy (non-hydrogen) atoms. The van der Waals surface area contributed by atoms with Gasteiger partial charge in [-0.25, -0.2) is 4.98 Å². The van der Waals surface area contributed by atoms with E-state index >= 15 is 0 Å². The summed E-state index contributed by atoms with van der Waals surface area (Å²) in [6.07, 6.45) is 24.8. The second kappa shape index (κ2) is 12.0. The van der Waals surface area contributed by atoms with E-state index in [2.05, 4.69) is 27.2 Å². The fourth-order valence-corrected chi connectivity index (χ4v) is 7.66. The van der Waals surface area contributed by atoms with Crippen molar-refractivity contribution in [3.8, 4) is 0 Å². The van der Waals surface area contributed by atoms with Crippen molar-refractivity contribution in [3.05, 3.63) is 18.0 Å². The molecule has 1 aliphatic heterocycles. The molecule has 0 unspecified atom stereocenters. The molecule has 4 fully saturated rings. The number of piperidine rings is 1. The number of rotatable bonds is 10. The van der Waals surface area contributed by atoms with Gasteiger partial charge in [0.1, 0.15) is 5.65 Å². The van der Waals surface area contributed by atoms with Crippen LogP contribution in [0.15, 0.2) is 12.4 Å². The summed E-state index contributed by atoms with van der Waals surface area (Å²) >= 11 is 0. The number of nitrogens with zero attached hydrogens (tertiary/aromatic N) is 4. The zero-order chi connectivity index (χ0) is 25.0. The van der Waals surface area contributed by atoms with E-state index in [1.807, 2.05) is 0 Å². The Balaban J connectivity index is 1.11. The van der Waals surface area contributed by atoms with Crippen molar-refractivity contribution in [1.82, 2.24) is 19.4 Å².